The first-order chi connectivity index (χ1) is 8.16. The molecule has 0 spiro atoms. The SMILES string of the molecule is CC(NC(=O)C(C)(C)C(C)(C)N)C1CCCCC1. The van der Waals surface area contributed by atoms with Gasteiger partial charge < -0.3 is 11.1 Å². The zero-order valence-corrected chi connectivity index (χ0v) is 12.7. The van der Waals surface area contributed by atoms with Crippen molar-refractivity contribution in [2.24, 2.45) is 17.1 Å². The summed E-state index contributed by atoms with van der Waals surface area (Å²) in [6.45, 7) is 9.81. The highest BCUT2D eigenvalue weighted by Crippen LogP contribution is 2.30. The molecule has 1 unspecified atom stereocenters. The van der Waals surface area contributed by atoms with E-state index in [1.165, 1.54) is 32.1 Å². The number of nitrogens with two attached hydrogens (primary N) is 1. The van der Waals surface area contributed by atoms with E-state index in [2.05, 4.69) is 12.2 Å². The van der Waals surface area contributed by atoms with Crippen LogP contribution in [0.1, 0.15) is 66.7 Å². The molecule has 0 radical (unpaired) electrons. The van der Waals surface area contributed by atoms with E-state index in [4.69, 9.17) is 5.73 Å². The van der Waals surface area contributed by atoms with Gasteiger partial charge in [0.25, 0.3) is 0 Å². The highest BCUT2D eigenvalue weighted by Gasteiger charge is 2.41. The molecule has 1 aliphatic rings. The second-order valence-corrected chi connectivity index (χ2v) is 7.01. The van der Waals surface area contributed by atoms with Gasteiger partial charge in [-0.2, -0.15) is 0 Å². The fourth-order valence-electron chi connectivity index (χ4n) is 2.43. The number of carbonyl (C=O) groups excluding carboxylic acids is 1. The van der Waals surface area contributed by atoms with Crippen LogP contribution in [0.25, 0.3) is 0 Å². The third-order valence-electron chi connectivity index (χ3n) is 4.89. The van der Waals surface area contributed by atoms with Crippen LogP contribution in [0.3, 0.4) is 0 Å². The first kappa shape index (κ1) is 15.5. The summed E-state index contributed by atoms with van der Waals surface area (Å²) in [4.78, 5) is 12.4. The Hall–Kier alpha value is -0.570. The molecule has 1 atom stereocenters. The largest absolute Gasteiger partial charge is 0.353 e. The summed E-state index contributed by atoms with van der Waals surface area (Å²) in [7, 11) is 0. The number of nitrogens with one attached hydrogen (secondary N) is 1. The first-order valence-electron chi connectivity index (χ1n) is 7.26. The molecule has 0 aromatic heterocycles. The van der Waals surface area contributed by atoms with Gasteiger partial charge in [0.1, 0.15) is 0 Å². The number of amides is 1. The lowest BCUT2D eigenvalue weighted by Crippen LogP contribution is -2.57. The Balaban J connectivity index is 2.58. The van der Waals surface area contributed by atoms with Crippen LogP contribution < -0.4 is 11.1 Å². The van der Waals surface area contributed by atoms with Gasteiger partial charge >= 0.3 is 0 Å². The van der Waals surface area contributed by atoms with Gasteiger partial charge in [-0.05, 0) is 53.4 Å². The van der Waals surface area contributed by atoms with Crippen LogP contribution in [-0.4, -0.2) is 17.5 Å². The van der Waals surface area contributed by atoms with Crippen molar-refractivity contribution in [2.45, 2.75) is 78.3 Å². The van der Waals surface area contributed by atoms with Crippen molar-refractivity contribution in [3.63, 3.8) is 0 Å². The van der Waals surface area contributed by atoms with E-state index in [1.807, 2.05) is 27.7 Å². The fourth-order valence-corrected chi connectivity index (χ4v) is 2.43. The first-order valence-corrected chi connectivity index (χ1v) is 7.26. The van der Waals surface area contributed by atoms with Crippen LogP contribution in [-0.2, 0) is 4.79 Å². The smallest absolute Gasteiger partial charge is 0.227 e. The third kappa shape index (κ3) is 3.47. The normalized spacial score (nSPS) is 20.6. The maximum absolute atomic E-state index is 12.4. The van der Waals surface area contributed by atoms with Crippen molar-refractivity contribution in [3.05, 3.63) is 0 Å². The minimum Gasteiger partial charge on any atom is -0.353 e. The van der Waals surface area contributed by atoms with E-state index in [0.717, 1.165) is 0 Å². The molecule has 3 heteroatoms. The highest BCUT2D eigenvalue weighted by molar-refractivity contribution is 5.83. The zero-order valence-electron chi connectivity index (χ0n) is 12.7. The van der Waals surface area contributed by atoms with Gasteiger partial charge in [-0.1, -0.05) is 19.3 Å². The lowest BCUT2D eigenvalue weighted by Gasteiger charge is -2.39. The van der Waals surface area contributed by atoms with E-state index in [1.54, 1.807) is 0 Å². The molecular weight excluding hydrogens is 224 g/mol. The molecule has 0 aromatic carbocycles. The van der Waals surface area contributed by atoms with Crippen molar-refractivity contribution in [2.75, 3.05) is 0 Å². The van der Waals surface area contributed by atoms with Crippen LogP contribution >= 0.6 is 0 Å². The maximum Gasteiger partial charge on any atom is 0.227 e. The van der Waals surface area contributed by atoms with E-state index in [0.29, 0.717) is 5.92 Å². The Bertz CT molecular complexity index is 285. The molecule has 1 amide bonds. The zero-order chi connectivity index (χ0) is 14.0. The van der Waals surface area contributed by atoms with Gasteiger partial charge in [0.05, 0.1) is 5.41 Å². The Kier molecular flexibility index (Phi) is 4.82. The van der Waals surface area contributed by atoms with Gasteiger partial charge in [-0.3, -0.25) is 4.79 Å². The van der Waals surface area contributed by atoms with Crippen LogP contribution in [0.15, 0.2) is 0 Å². The Morgan fingerprint density at radius 3 is 2.11 bits per heavy atom. The number of hydrogen-bond acceptors (Lipinski definition) is 2. The van der Waals surface area contributed by atoms with Crippen LogP contribution in [0.5, 0.6) is 0 Å². The number of hydrogen-bond donors (Lipinski definition) is 2. The molecule has 0 heterocycles. The summed E-state index contributed by atoms with van der Waals surface area (Å²) in [6, 6.07) is 0.263. The van der Waals surface area contributed by atoms with Gasteiger partial charge in [-0.25, -0.2) is 0 Å². The summed E-state index contributed by atoms with van der Waals surface area (Å²) in [6.07, 6.45) is 6.44. The second-order valence-electron chi connectivity index (χ2n) is 7.01. The second kappa shape index (κ2) is 5.60. The highest BCUT2D eigenvalue weighted by atomic mass is 16.2. The van der Waals surface area contributed by atoms with Crippen LogP contribution in [0, 0.1) is 11.3 Å². The summed E-state index contributed by atoms with van der Waals surface area (Å²) < 4.78 is 0. The van der Waals surface area contributed by atoms with Crippen molar-refractivity contribution >= 4 is 5.91 Å². The average molecular weight is 254 g/mol. The molecule has 1 rings (SSSR count). The van der Waals surface area contributed by atoms with Crippen molar-refractivity contribution in [1.82, 2.24) is 5.32 Å². The van der Waals surface area contributed by atoms with E-state index in [9.17, 15) is 4.79 Å². The quantitative estimate of drug-likeness (QED) is 0.810. The molecule has 1 aliphatic carbocycles. The Labute approximate surface area is 112 Å². The van der Waals surface area contributed by atoms with Gasteiger partial charge in [0.2, 0.25) is 5.91 Å². The molecule has 0 aliphatic heterocycles. The molecule has 3 nitrogen and oxygen atoms in total. The monoisotopic (exact) mass is 254 g/mol. The lowest BCUT2D eigenvalue weighted by atomic mass is 9.74. The third-order valence-corrected chi connectivity index (χ3v) is 4.89. The Morgan fingerprint density at radius 1 is 1.17 bits per heavy atom. The maximum atomic E-state index is 12.4. The minimum absolute atomic E-state index is 0.0769. The summed E-state index contributed by atoms with van der Waals surface area (Å²) >= 11 is 0. The predicted molar refractivity (Wildman–Crippen MR) is 76.2 cm³/mol. The lowest BCUT2D eigenvalue weighted by molar-refractivity contribution is -0.133. The van der Waals surface area contributed by atoms with E-state index >= 15 is 0 Å². The van der Waals surface area contributed by atoms with Crippen LogP contribution in [0.4, 0.5) is 0 Å². The summed E-state index contributed by atoms with van der Waals surface area (Å²) in [5.74, 6) is 0.715. The van der Waals surface area contributed by atoms with Crippen molar-refractivity contribution in [1.29, 1.82) is 0 Å². The van der Waals surface area contributed by atoms with Crippen LogP contribution in [0.2, 0.25) is 0 Å². The summed E-state index contributed by atoms with van der Waals surface area (Å²) in [5, 5.41) is 3.18. The molecule has 1 fully saturated rings. The van der Waals surface area contributed by atoms with Crippen molar-refractivity contribution < 1.29 is 4.79 Å². The molecule has 1 saturated carbocycles. The fraction of sp³-hybridized carbons (Fsp3) is 0.933. The topological polar surface area (TPSA) is 55.1 Å². The standard InChI is InChI=1S/C15H30N2O/c1-11(12-9-7-6-8-10-12)17-13(18)14(2,3)15(4,5)16/h11-12H,6-10,16H2,1-5H3,(H,17,18). The molecule has 3 N–H and O–H groups in total. The van der Waals surface area contributed by atoms with Gasteiger partial charge in [-0.15, -0.1) is 0 Å². The molecule has 106 valence electrons. The minimum atomic E-state index is -0.546. The van der Waals surface area contributed by atoms with E-state index in [-0.39, 0.29) is 11.9 Å². The average Bonchev–Trinajstić information content (AvgIpc) is 2.28. The van der Waals surface area contributed by atoms with Gasteiger partial charge in [0, 0.05) is 11.6 Å². The number of rotatable bonds is 4. The van der Waals surface area contributed by atoms with Crippen molar-refractivity contribution in [3.8, 4) is 0 Å². The molecule has 0 bridgehead atoms. The molecule has 0 aromatic rings. The molecule has 18 heavy (non-hydrogen) atoms. The molecule has 0 saturated heterocycles. The molecular formula is C15H30N2O. The number of carbonyl (C=O) groups is 1. The summed E-state index contributed by atoms with van der Waals surface area (Å²) in [5.41, 5.74) is 5.05. The predicted octanol–water partition coefficient (Wildman–Crippen LogP) is 2.83. The van der Waals surface area contributed by atoms with Gasteiger partial charge in [0.15, 0.2) is 0 Å². The Morgan fingerprint density at radius 2 is 1.67 bits per heavy atom. The van der Waals surface area contributed by atoms with E-state index < -0.39 is 11.0 Å².